The van der Waals surface area contributed by atoms with Crippen LogP contribution in [0.1, 0.15) is 0 Å². The quantitative estimate of drug-likeness (QED) is 0.809. The van der Waals surface area contributed by atoms with Gasteiger partial charge in [0.1, 0.15) is 0 Å². The van der Waals surface area contributed by atoms with Crippen LogP contribution in [0.4, 0.5) is 8.78 Å². The molecule has 0 atom stereocenters. The van der Waals surface area contributed by atoms with Gasteiger partial charge in [-0.05, 0) is 23.7 Å². The SMILES string of the molecule is COc1nc(Cl)nc(-c2ccc(SC(F)F)cc2)n1. The van der Waals surface area contributed by atoms with E-state index in [-0.39, 0.29) is 11.3 Å². The topological polar surface area (TPSA) is 47.9 Å². The molecule has 0 bridgehead atoms. The Kier molecular flexibility index (Phi) is 4.49. The summed E-state index contributed by atoms with van der Waals surface area (Å²) in [6.07, 6.45) is 0. The summed E-state index contributed by atoms with van der Waals surface area (Å²) in [5.41, 5.74) is 0.640. The number of hydrogen-bond donors (Lipinski definition) is 0. The van der Waals surface area contributed by atoms with Crippen LogP contribution in [0, 0.1) is 0 Å². The minimum Gasteiger partial charge on any atom is -0.467 e. The van der Waals surface area contributed by atoms with Crippen molar-refractivity contribution in [1.82, 2.24) is 15.0 Å². The van der Waals surface area contributed by atoms with Crippen LogP contribution in [-0.4, -0.2) is 27.8 Å². The van der Waals surface area contributed by atoms with Crippen molar-refractivity contribution in [3.8, 4) is 17.4 Å². The average Bonchev–Trinajstić information content (AvgIpc) is 2.38. The fourth-order valence-corrected chi connectivity index (χ4v) is 1.99. The van der Waals surface area contributed by atoms with E-state index in [9.17, 15) is 8.78 Å². The summed E-state index contributed by atoms with van der Waals surface area (Å²) in [6.45, 7) is 0. The minimum atomic E-state index is -2.45. The summed E-state index contributed by atoms with van der Waals surface area (Å²) < 4.78 is 29.3. The van der Waals surface area contributed by atoms with Crippen molar-refractivity contribution in [2.24, 2.45) is 0 Å². The lowest BCUT2D eigenvalue weighted by molar-refractivity contribution is 0.252. The molecular weight excluding hydrogens is 296 g/mol. The number of nitrogens with zero attached hydrogens (tertiary/aromatic N) is 3. The van der Waals surface area contributed by atoms with Gasteiger partial charge in [0.15, 0.2) is 5.82 Å². The van der Waals surface area contributed by atoms with Crippen molar-refractivity contribution in [2.75, 3.05) is 7.11 Å². The Balaban J connectivity index is 2.29. The van der Waals surface area contributed by atoms with Gasteiger partial charge in [0, 0.05) is 10.5 Å². The van der Waals surface area contributed by atoms with Crippen LogP contribution in [-0.2, 0) is 0 Å². The van der Waals surface area contributed by atoms with E-state index in [4.69, 9.17) is 16.3 Å². The molecule has 8 heteroatoms. The summed E-state index contributed by atoms with van der Waals surface area (Å²) in [5.74, 6) is -2.12. The molecule has 4 nitrogen and oxygen atoms in total. The van der Waals surface area contributed by atoms with Gasteiger partial charge in [-0.2, -0.15) is 23.7 Å². The van der Waals surface area contributed by atoms with Gasteiger partial charge in [-0.1, -0.05) is 23.9 Å². The Labute approximate surface area is 117 Å². The van der Waals surface area contributed by atoms with Gasteiger partial charge >= 0.3 is 6.01 Å². The molecule has 0 aliphatic rings. The Morgan fingerprint density at radius 2 is 1.84 bits per heavy atom. The van der Waals surface area contributed by atoms with Crippen molar-refractivity contribution in [1.29, 1.82) is 0 Å². The first kappa shape index (κ1) is 14.0. The second kappa shape index (κ2) is 6.12. The Morgan fingerprint density at radius 3 is 2.42 bits per heavy atom. The van der Waals surface area contributed by atoms with Crippen molar-refractivity contribution in [3.05, 3.63) is 29.5 Å². The van der Waals surface area contributed by atoms with Crippen molar-refractivity contribution >= 4 is 23.4 Å². The first-order valence-corrected chi connectivity index (χ1v) is 6.35. The fourth-order valence-electron chi connectivity index (χ4n) is 1.34. The fraction of sp³-hybridized carbons (Fsp3) is 0.182. The third-order valence-corrected chi connectivity index (χ3v) is 3.00. The van der Waals surface area contributed by atoms with Gasteiger partial charge in [0.2, 0.25) is 5.28 Å². The lowest BCUT2D eigenvalue weighted by Crippen LogP contribution is -1.97. The van der Waals surface area contributed by atoms with E-state index in [0.29, 0.717) is 28.0 Å². The molecule has 0 radical (unpaired) electrons. The number of thioether (sulfide) groups is 1. The normalized spacial score (nSPS) is 10.8. The Hall–Kier alpha value is -1.47. The second-order valence-corrected chi connectivity index (χ2v) is 4.72. The molecular formula is C11H8ClF2N3OS. The van der Waals surface area contributed by atoms with Crippen LogP contribution < -0.4 is 4.74 Å². The zero-order valence-corrected chi connectivity index (χ0v) is 11.3. The smallest absolute Gasteiger partial charge is 0.321 e. The first-order chi connectivity index (χ1) is 9.08. The number of methoxy groups -OCH3 is 1. The van der Waals surface area contributed by atoms with Crippen LogP contribution in [0.15, 0.2) is 29.2 Å². The molecule has 0 spiro atoms. The predicted molar refractivity (Wildman–Crippen MR) is 68.7 cm³/mol. The van der Waals surface area contributed by atoms with Crippen molar-refractivity contribution in [2.45, 2.75) is 10.7 Å². The highest BCUT2D eigenvalue weighted by Crippen LogP contribution is 2.27. The molecule has 0 amide bonds. The molecule has 0 unspecified atom stereocenters. The summed E-state index contributed by atoms with van der Waals surface area (Å²) >= 11 is 6.21. The van der Waals surface area contributed by atoms with Crippen LogP contribution in [0.3, 0.4) is 0 Å². The summed E-state index contributed by atoms with van der Waals surface area (Å²) in [6, 6.07) is 6.50. The van der Waals surface area contributed by atoms with E-state index in [1.807, 2.05) is 0 Å². The van der Waals surface area contributed by atoms with Crippen LogP contribution in [0.5, 0.6) is 6.01 Å². The van der Waals surface area contributed by atoms with E-state index in [1.165, 1.54) is 7.11 Å². The summed E-state index contributed by atoms with van der Waals surface area (Å²) in [5, 5.41) is 0.00730. The Bertz CT molecular complexity index is 568. The zero-order chi connectivity index (χ0) is 13.8. The molecule has 0 aliphatic heterocycles. The van der Waals surface area contributed by atoms with E-state index in [0.717, 1.165) is 0 Å². The molecule has 1 aromatic heterocycles. The lowest BCUT2D eigenvalue weighted by Gasteiger charge is -2.04. The van der Waals surface area contributed by atoms with Gasteiger partial charge in [0.05, 0.1) is 7.11 Å². The third-order valence-electron chi connectivity index (χ3n) is 2.11. The maximum Gasteiger partial charge on any atom is 0.321 e. The van der Waals surface area contributed by atoms with Gasteiger partial charge in [-0.25, -0.2) is 0 Å². The average molecular weight is 304 g/mol. The molecule has 0 saturated carbocycles. The molecule has 19 heavy (non-hydrogen) atoms. The largest absolute Gasteiger partial charge is 0.467 e. The van der Waals surface area contributed by atoms with E-state index in [1.54, 1.807) is 24.3 Å². The van der Waals surface area contributed by atoms with Crippen LogP contribution >= 0.6 is 23.4 Å². The number of benzene rings is 1. The minimum absolute atomic E-state index is 0.00730. The Morgan fingerprint density at radius 1 is 1.16 bits per heavy atom. The number of hydrogen-bond acceptors (Lipinski definition) is 5. The number of ether oxygens (including phenoxy) is 1. The number of alkyl halides is 2. The van der Waals surface area contributed by atoms with E-state index >= 15 is 0 Å². The highest BCUT2D eigenvalue weighted by Gasteiger charge is 2.09. The number of halogens is 3. The van der Waals surface area contributed by atoms with Gasteiger partial charge in [-0.3, -0.25) is 0 Å². The van der Waals surface area contributed by atoms with Gasteiger partial charge in [-0.15, -0.1) is 0 Å². The summed E-state index contributed by atoms with van der Waals surface area (Å²) in [7, 11) is 1.41. The highest BCUT2D eigenvalue weighted by molar-refractivity contribution is 7.99. The maximum atomic E-state index is 12.2. The number of rotatable bonds is 4. The molecule has 0 fully saturated rings. The monoisotopic (exact) mass is 303 g/mol. The molecule has 100 valence electrons. The maximum absolute atomic E-state index is 12.2. The van der Waals surface area contributed by atoms with Crippen molar-refractivity contribution in [3.63, 3.8) is 0 Å². The zero-order valence-electron chi connectivity index (χ0n) is 9.68. The van der Waals surface area contributed by atoms with Gasteiger partial charge in [0.25, 0.3) is 5.76 Å². The first-order valence-electron chi connectivity index (χ1n) is 5.09. The van der Waals surface area contributed by atoms with Crippen LogP contribution in [0.2, 0.25) is 5.28 Å². The molecule has 0 aliphatic carbocycles. The number of aromatic nitrogens is 3. The second-order valence-electron chi connectivity index (χ2n) is 3.32. The molecule has 0 N–H and O–H groups in total. The highest BCUT2D eigenvalue weighted by atomic mass is 35.5. The van der Waals surface area contributed by atoms with E-state index < -0.39 is 5.76 Å². The molecule has 1 heterocycles. The van der Waals surface area contributed by atoms with Crippen molar-refractivity contribution < 1.29 is 13.5 Å². The molecule has 1 aromatic carbocycles. The molecule has 2 aromatic rings. The standard InChI is InChI=1S/C11H8ClF2N3OS/c1-18-11-16-8(15-9(12)17-11)6-2-4-7(5-3-6)19-10(13)14/h2-5,10H,1H3. The van der Waals surface area contributed by atoms with E-state index in [2.05, 4.69) is 15.0 Å². The third kappa shape index (κ3) is 3.74. The van der Waals surface area contributed by atoms with Gasteiger partial charge < -0.3 is 4.74 Å². The molecule has 2 rings (SSSR count). The summed E-state index contributed by atoms with van der Waals surface area (Å²) in [4.78, 5) is 12.2. The predicted octanol–water partition coefficient (Wildman–Crippen LogP) is 3.52. The van der Waals surface area contributed by atoms with Crippen LogP contribution in [0.25, 0.3) is 11.4 Å². The lowest BCUT2D eigenvalue weighted by atomic mass is 10.2. The molecule has 0 saturated heterocycles.